The average Bonchev–Trinajstić information content (AvgIpc) is 2.68. The molecular weight excluding hydrogens is 403 g/mol. The lowest BCUT2D eigenvalue weighted by Crippen LogP contribution is -2.38. The summed E-state index contributed by atoms with van der Waals surface area (Å²) in [7, 11) is -3.63. The van der Waals surface area contributed by atoms with Crippen LogP contribution in [-0.2, 0) is 22.6 Å². The van der Waals surface area contributed by atoms with E-state index in [4.69, 9.17) is 0 Å². The minimum atomic E-state index is -4.35. The molecule has 2 aromatic carbocycles. The summed E-state index contributed by atoms with van der Waals surface area (Å²) in [5.74, 6) is 0.0938. The van der Waals surface area contributed by atoms with E-state index in [0.717, 1.165) is 17.7 Å². The molecule has 0 aromatic heterocycles. The number of halogens is 3. The Hall–Kier alpha value is -2.19. The molecule has 2 aromatic rings. The van der Waals surface area contributed by atoms with Gasteiger partial charge in [0, 0.05) is 18.7 Å². The van der Waals surface area contributed by atoms with Crippen LogP contribution in [0, 0.1) is 5.92 Å². The van der Waals surface area contributed by atoms with Crippen LogP contribution >= 0.6 is 0 Å². The molecule has 0 radical (unpaired) electrons. The molecule has 0 atom stereocenters. The van der Waals surface area contributed by atoms with Crippen molar-refractivity contribution in [2.24, 2.45) is 5.92 Å². The summed E-state index contributed by atoms with van der Waals surface area (Å²) in [6, 6.07) is 11.0. The van der Waals surface area contributed by atoms with Crippen LogP contribution < -0.4 is 0 Å². The zero-order chi connectivity index (χ0) is 21.2. The SMILES string of the molecule is CC(=O)c1ccc(S(=O)(=O)N2CCC(Cc3ccc(C(F)(F)F)cc3)CC2)cc1. The Labute approximate surface area is 168 Å². The molecule has 3 rings (SSSR count). The first-order valence-electron chi connectivity index (χ1n) is 9.34. The van der Waals surface area contributed by atoms with Crippen molar-refractivity contribution < 1.29 is 26.4 Å². The Kier molecular flexibility index (Phi) is 6.14. The fourth-order valence-corrected chi connectivity index (χ4v) is 5.00. The first-order chi connectivity index (χ1) is 13.6. The first kappa shape index (κ1) is 21.5. The fourth-order valence-electron chi connectivity index (χ4n) is 3.53. The van der Waals surface area contributed by atoms with Gasteiger partial charge < -0.3 is 0 Å². The number of rotatable bonds is 5. The number of carbonyl (C=O) groups excluding carboxylic acids is 1. The maximum Gasteiger partial charge on any atom is 0.416 e. The van der Waals surface area contributed by atoms with E-state index >= 15 is 0 Å². The lowest BCUT2D eigenvalue weighted by Gasteiger charge is -2.31. The van der Waals surface area contributed by atoms with Crippen molar-refractivity contribution in [3.63, 3.8) is 0 Å². The molecular formula is C21H22F3NO3S. The molecule has 4 nitrogen and oxygen atoms in total. The van der Waals surface area contributed by atoms with Crippen molar-refractivity contribution in [1.82, 2.24) is 4.31 Å². The van der Waals surface area contributed by atoms with Gasteiger partial charge in [-0.3, -0.25) is 4.79 Å². The molecule has 0 bridgehead atoms. The Bertz CT molecular complexity index is 960. The molecule has 8 heteroatoms. The molecule has 29 heavy (non-hydrogen) atoms. The van der Waals surface area contributed by atoms with Gasteiger partial charge in [-0.05, 0) is 61.9 Å². The Balaban J connectivity index is 1.60. The summed E-state index contributed by atoms with van der Waals surface area (Å²) >= 11 is 0. The molecule has 0 aliphatic carbocycles. The van der Waals surface area contributed by atoms with Crippen molar-refractivity contribution in [3.8, 4) is 0 Å². The second-order valence-corrected chi connectivity index (χ2v) is 9.26. The molecule has 1 fully saturated rings. The topological polar surface area (TPSA) is 54.5 Å². The zero-order valence-electron chi connectivity index (χ0n) is 15.9. The predicted octanol–water partition coefficient (Wildman–Crippen LogP) is 4.55. The van der Waals surface area contributed by atoms with E-state index in [1.54, 1.807) is 0 Å². The van der Waals surface area contributed by atoms with E-state index in [1.165, 1.54) is 47.6 Å². The maximum absolute atomic E-state index is 12.8. The molecule has 0 unspecified atom stereocenters. The number of carbonyl (C=O) groups is 1. The molecule has 0 N–H and O–H groups in total. The summed E-state index contributed by atoms with van der Waals surface area (Å²) in [6.07, 6.45) is -2.43. The number of piperidine rings is 1. The van der Waals surface area contributed by atoms with Crippen molar-refractivity contribution in [3.05, 3.63) is 65.2 Å². The zero-order valence-corrected chi connectivity index (χ0v) is 16.8. The van der Waals surface area contributed by atoms with Gasteiger partial charge in [0.05, 0.1) is 10.5 Å². The number of ketones is 1. The highest BCUT2D eigenvalue weighted by Gasteiger charge is 2.31. The standard InChI is InChI=1S/C21H22F3NO3S/c1-15(26)18-4-8-20(9-5-18)29(27,28)25-12-10-17(11-13-25)14-16-2-6-19(7-3-16)21(22,23)24/h2-9,17H,10-14H2,1H3. The van der Waals surface area contributed by atoms with Gasteiger partial charge >= 0.3 is 6.18 Å². The van der Waals surface area contributed by atoms with Gasteiger partial charge in [0.2, 0.25) is 10.0 Å². The molecule has 0 saturated carbocycles. The largest absolute Gasteiger partial charge is 0.416 e. The van der Waals surface area contributed by atoms with Gasteiger partial charge in [-0.1, -0.05) is 24.3 Å². The summed E-state index contributed by atoms with van der Waals surface area (Å²) < 4.78 is 65.0. The van der Waals surface area contributed by atoms with Gasteiger partial charge in [0.25, 0.3) is 0 Å². The number of sulfonamides is 1. The third-order valence-corrected chi connectivity index (χ3v) is 7.19. The molecule has 0 spiro atoms. The minimum absolute atomic E-state index is 0.127. The van der Waals surface area contributed by atoms with Crippen LogP contribution in [-0.4, -0.2) is 31.6 Å². The quantitative estimate of drug-likeness (QED) is 0.661. The predicted molar refractivity (Wildman–Crippen MR) is 103 cm³/mol. The lowest BCUT2D eigenvalue weighted by atomic mass is 9.91. The smallest absolute Gasteiger partial charge is 0.295 e. The van der Waals surface area contributed by atoms with Crippen LogP contribution in [0.4, 0.5) is 13.2 Å². The summed E-state index contributed by atoms with van der Waals surface area (Å²) in [5, 5.41) is 0. The van der Waals surface area contributed by atoms with Crippen LogP contribution in [0.15, 0.2) is 53.4 Å². The normalized spacial score (nSPS) is 16.7. The van der Waals surface area contributed by atoms with Gasteiger partial charge in [-0.15, -0.1) is 0 Å². The van der Waals surface area contributed by atoms with Crippen molar-refractivity contribution in [1.29, 1.82) is 0 Å². The third-order valence-electron chi connectivity index (χ3n) is 5.28. The highest BCUT2D eigenvalue weighted by Crippen LogP contribution is 2.30. The molecule has 0 amide bonds. The van der Waals surface area contributed by atoms with Gasteiger partial charge in [0.1, 0.15) is 0 Å². The highest BCUT2D eigenvalue weighted by molar-refractivity contribution is 7.89. The van der Waals surface area contributed by atoms with E-state index in [1.807, 2.05) is 0 Å². The number of hydrogen-bond donors (Lipinski definition) is 0. The lowest BCUT2D eigenvalue weighted by molar-refractivity contribution is -0.137. The van der Waals surface area contributed by atoms with Gasteiger partial charge in [-0.25, -0.2) is 8.42 Å². The second-order valence-electron chi connectivity index (χ2n) is 7.33. The van der Waals surface area contributed by atoms with Crippen molar-refractivity contribution in [2.45, 2.75) is 37.3 Å². The molecule has 1 aliphatic heterocycles. The number of hydrogen-bond acceptors (Lipinski definition) is 3. The summed E-state index contributed by atoms with van der Waals surface area (Å²) in [5.41, 5.74) is 0.608. The first-order valence-corrected chi connectivity index (χ1v) is 10.8. The minimum Gasteiger partial charge on any atom is -0.295 e. The van der Waals surface area contributed by atoms with Crippen LogP contribution in [0.3, 0.4) is 0 Å². The number of alkyl halides is 3. The second kappa shape index (κ2) is 8.28. The van der Waals surface area contributed by atoms with E-state index < -0.39 is 21.8 Å². The number of Topliss-reactive ketones (excluding diaryl/α,β-unsaturated/α-hetero) is 1. The molecule has 1 heterocycles. The van der Waals surface area contributed by atoms with Crippen molar-refractivity contribution >= 4 is 15.8 Å². The number of benzene rings is 2. The fraction of sp³-hybridized carbons (Fsp3) is 0.381. The van der Waals surface area contributed by atoms with Crippen LogP contribution in [0.5, 0.6) is 0 Å². The van der Waals surface area contributed by atoms with Gasteiger partial charge in [0.15, 0.2) is 5.78 Å². The molecule has 1 aliphatic rings. The Morgan fingerprint density at radius 3 is 2.03 bits per heavy atom. The Morgan fingerprint density at radius 1 is 1.00 bits per heavy atom. The maximum atomic E-state index is 12.8. The van der Waals surface area contributed by atoms with Crippen LogP contribution in [0.2, 0.25) is 0 Å². The molecule has 1 saturated heterocycles. The monoisotopic (exact) mass is 425 g/mol. The molecule has 156 valence electrons. The van der Waals surface area contributed by atoms with E-state index in [0.29, 0.717) is 37.9 Å². The Morgan fingerprint density at radius 2 is 1.55 bits per heavy atom. The van der Waals surface area contributed by atoms with Gasteiger partial charge in [-0.2, -0.15) is 17.5 Å². The third kappa shape index (κ3) is 5.05. The van der Waals surface area contributed by atoms with Crippen LogP contribution in [0.25, 0.3) is 0 Å². The van der Waals surface area contributed by atoms with E-state index in [-0.39, 0.29) is 16.6 Å². The van der Waals surface area contributed by atoms with E-state index in [9.17, 15) is 26.4 Å². The van der Waals surface area contributed by atoms with Crippen molar-refractivity contribution in [2.75, 3.05) is 13.1 Å². The summed E-state index contributed by atoms with van der Waals surface area (Å²) in [4.78, 5) is 11.5. The average molecular weight is 425 g/mol. The van der Waals surface area contributed by atoms with E-state index in [2.05, 4.69) is 0 Å². The summed E-state index contributed by atoms with van der Waals surface area (Å²) in [6.45, 7) is 2.15. The highest BCUT2D eigenvalue weighted by atomic mass is 32.2. The van der Waals surface area contributed by atoms with Crippen LogP contribution in [0.1, 0.15) is 41.3 Å². The number of nitrogens with zero attached hydrogens (tertiary/aromatic N) is 1.